The summed E-state index contributed by atoms with van der Waals surface area (Å²) < 4.78 is 39.4. The Morgan fingerprint density at radius 2 is 0.736 bits per heavy atom. The van der Waals surface area contributed by atoms with E-state index in [-0.39, 0.29) is 25.9 Å². The van der Waals surface area contributed by atoms with Crippen molar-refractivity contribution in [3.8, 4) is 0 Å². The van der Waals surface area contributed by atoms with Gasteiger partial charge in [-0.15, -0.1) is 0 Å². The van der Waals surface area contributed by atoms with Gasteiger partial charge in [-0.25, -0.2) is 4.57 Å². The second-order valence-corrected chi connectivity index (χ2v) is 19.4. The Kier molecular flexibility index (Phi) is 50.6. The van der Waals surface area contributed by atoms with Crippen LogP contribution >= 0.6 is 7.82 Å². The van der Waals surface area contributed by atoms with Crippen molar-refractivity contribution in [2.45, 2.75) is 226 Å². The van der Waals surface area contributed by atoms with Crippen LogP contribution in [0.2, 0.25) is 0 Å². The number of hydrogen-bond acceptors (Lipinski definition) is 10. The van der Waals surface area contributed by atoms with Crippen molar-refractivity contribution in [1.29, 1.82) is 0 Å². The van der Waals surface area contributed by atoms with Crippen LogP contribution in [0.3, 0.4) is 0 Å². The van der Waals surface area contributed by atoms with Crippen molar-refractivity contribution in [1.82, 2.24) is 0 Å². The predicted molar refractivity (Wildman–Crippen MR) is 297 cm³/mol. The molecule has 0 spiro atoms. The molecule has 0 saturated heterocycles. The molecular weight excluding hydrogens is 928 g/mol. The van der Waals surface area contributed by atoms with Crippen molar-refractivity contribution >= 4 is 25.7 Å². The smallest absolute Gasteiger partial charge is 0.462 e. The molecule has 0 bridgehead atoms. The number of phosphoric ester groups is 1. The lowest BCUT2D eigenvalue weighted by atomic mass is 10.1. The summed E-state index contributed by atoms with van der Waals surface area (Å²) in [6, 6.07) is 0. The molecular formula is C60H99O11P. The molecule has 0 aromatic heterocycles. The highest BCUT2D eigenvalue weighted by Crippen LogP contribution is 2.43. The molecule has 410 valence electrons. The summed E-state index contributed by atoms with van der Waals surface area (Å²) in [4.78, 5) is 48.4. The largest absolute Gasteiger partial charge is 0.472 e. The van der Waals surface area contributed by atoms with E-state index in [4.69, 9.17) is 23.3 Å². The first-order valence-corrected chi connectivity index (χ1v) is 29.3. The molecule has 0 heterocycles. The van der Waals surface area contributed by atoms with Gasteiger partial charge < -0.3 is 24.2 Å². The van der Waals surface area contributed by atoms with Crippen molar-refractivity contribution < 1.29 is 52.2 Å². The summed E-state index contributed by atoms with van der Waals surface area (Å²) in [6.07, 6.45) is 63.5. The Hall–Kier alpha value is -3.86. The molecule has 2 N–H and O–H groups in total. The number of ether oxygens (including phenoxy) is 3. The minimum absolute atomic E-state index is 0.0791. The SMILES string of the molecule is CC/C=C\C/C=C\C/C=C\C/C=C\C/C=C\CCCC(=O)OC(COC(=O)CCCCCC/C=C\C/C=C\C/C=C\C/C=C\CC)COP(=O)(O)OCC(CO)OC(=O)CCCCCCCCCCCCC. The van der Waals surface area contributed by atoms with Gasteiger partial charge in [0.1, 0.15) is 12.7 Å². The molecule has 3 atom stereocenters. The van der Waals surface area contributed by atoms with E-state index in [0.29, 0.717) is 25.7 Å². The van der Waals surface area contributed by atoms with Gasteiger partial charge in [-0.1, -0.05) is 207 Å². The van der Waals surface area contributed by atoms with Crippen LogP contribution in [0.1, 0.15) is 213 Å². The highest BCUT2D eigenvalue weighted by Gasteiger charge is 2.28. The monoisotopic (exact) mass is 1030 g/mol. The van der Waals surface area contributed by atoms with E-state index in [1.807, 2.05) is 12.2 Å². The van der Waals surface area contributed by atoms with Gasteiger partial charge in [0.2, 0.25) is 0 Å². The second kappa shape index (κ2) is 53.4. The molecule has 0 aromatic rings. The van der Waals surface area contributed by atoms with Crippen molar-refractivity contribution in [3.05, 3.63) is 109 Å². The van der Waals surface area contributed by atoms with E-state index in [0.717, 1.165) is 103 Å². The van der Waals surface area contributed by atoms with Gasteiger partial charge in [-0.3, -0.25) is 23.4 Å². The maximum Gasteiger partial charge on any atom is 0.472 e. The van der Waals surface area contributed by atoms with Gasteiger partial charge in [-0.05, 0) is 96.3 Å². The lowest BCUT2D eigenvalue weighted by Gasteiger charge is -2.21. The van der Waals surface area contributed by atoms with Crippen molar-refractivity contribution in [3.63, 3.8) is 0 Å². The molecule has 3 unspecified atom stereocenters. The quantitative estimate of drug-likeness (QED) is 0.0197. The number of carbonyl (C=O) groups excluding carboxylic acids is 3. The molecule has 0 radical (unpaired) electrons. The Labute approximate surface area is 437 Å². The van der Waals surface area contributed by atoms with Crippen LogP contribution in [-0.2, 0) is 42.2 Å². The first kappa shape index (κ1) is 68.1. The third-order valence-corrected chi connectivity index (χ3v) is 12.1. The number of hydrogen-bond donors (Lipinski definition) is 2. The molecule has 0 fully saturated rings. The molecule has 11 nitrogen and oxygen atoms in total. The lowest BCUT2D eigenvalue weighted by molar-refractivity contribution is -0.161. The van der Waals surface area contributed by atoms with E-state index >= 15 is 0 Å². The number of carbonyl (C=O) groups is 3. The van der Waals surface area contributed by atoms with Gasteiger partial charge in [0.05, 0.1) is 19.8 Å². The Bertz CT molecular complexity index is 1620. The zero-order chi connectivity index (χ0) is 52.7. The molecule has 0 saturated carbocycles. The standard InChI is InChI=1S/C60H99O11P/c1-4-7-10-13-16-19-22-24-26-28-30-32-35-37-40-43-46-49-58(62)67-53-57(71-60(64)51-48-45-42-39-36-33-31-29-27-25-23-20-17-14-11-8-5-2)55-69-72(65,66)68-54-56(52-61)70-59(63)50-47-44-41-38-34-21-18-15-12-9-6-3/h7-8,10-11,16-17,19-20,24-27,30-33,39,42,56-57,61H,4-6,9,12-15,18,21-23,28-29,34-38,40-41,43-55H2,1-3H3,(H,65,66)/b10-7-,11-8-,19-16-,20-17-,26-24-,27-25-,32-30-,33-31-,42-39-. The summed E-state index contributed by atoms with van der Waals surface area (Å²) in [6.45, 7) is 4.30. The number of phosphoric acid groups is 1. The zero-order valence-electron chi connectivity index (χ0n) is 45.1. The molecule has 0 aliphatic rings. The number of unbranched alkanes of at least 4 members (excludes halogenated alkanes) is 15. The van der Waals surface area contributed by atoms with Crippen molar-refractivity contribution in [2.24, 2.45) is 0 Å². The average molecular weight is 1030 g/mol. The van der Waals surface area contributed by atoms with E-state index in [2.05, 4.69) is 118 Å². The maximum absolute atomic E-state index is 12.9. The normalized spacial score (nSPS) is 14.2. The highest BCUT2D eigenvalue weighted by molar-refractivity contribution is 7.47. The Morgan fingerprint density at radius 3 is 1.17 bits per heavy atom. The Balaban J connectivity index is 4.88. The van der Waals surface area contributed by atoms with Crippen molar-refractivity contribution in [2.75, 3.05) is 26.4 Å². The van der Waals surface area contributed by atoms with Gasteiger partial charge >= 0.3 is 25.7 Å². The van der Waals surface area contributed by atoms with E-state index in [1.165, 1.54) is 44.9 Å². The summed E-state index contributed by atoms with van der Waals surface area (Å²) in [5.74, 6) is -1.57. The molecule has 0 rings (SSSR count). The first-order valence-electron chi connectivity index (χ1n) is 27.8. The van der Waals surface area contributed by atoms with Crippen LogP contribution < -0.4 is 0 Å². The van der Waals surface area contributed by atoms with Gasteiger partial charge in [0.25, 0.3) is 0 Å². The number of esters is 3. The average Bonchev–Trinajstić information content (AvgIpc) is 3.37. The second-order valence-electron chi connectivity index (χ2n) is 18.0. The van der Waals surface area contributed by atoms with E-state index < -0.39 is 57.8 Å². The summed E-state index contributed by atoms with van der Waals surface area (Å²) >= 11 is 0. The highest BCUT2D eigenvalue weighted by atomic mass is 31.2. The third-order valence-electron chi connectivity index (χ3n) is 11.2. The first-order chi connectivity index (χ1) is 35.2. The minimum Gasteiger partial charge on any atom is -0.462 e. The van der Waals surface area contributed by atoms with Crippen LogP contribution in [0, 0.1) is 0 Å². The maximum atomic E-state index is 12.9. The molecule has 12 heteroatoms. The fourth-order valence-electron chi connectivity index (χ4n) is 7.03. The lowest BCUT2D eigenvalue weighted by Crippen LogP contribution is -2.30. The van der Waals surface area contributed by atoms with Crippen LogP contribution in [-0.4, -0.2) is 66.5 Å². The number of aliphatic hydroxyl groups excluding tert-OH is 1. The molecule has 0 aliphatic carbocycles. The molecule has 0 amide bonds. The summed E-state index contributed by atoms with van der Waals surface area (Å²) in [5.41, 5.74) is 0. The minimum atomic E-state index is -4.77. The van der Waals surface area contributed by atoms with Crippen LogP contribution in [0.15, 0.2) is 109 Å². The molecule has 0 aromatic carbocycles. The van der Waals surface area contributed by atoms with Gasteiger partial charge in [0, 0.05) is 19.3 Å². The summed E-state index contributed by atoms with van der Waals surface area (Å²) in [7, 11) is -4.77. The van der Waals surface area contributed by atoms with Crippen LogP contribution in [0.5, 0.6) is 0 Å². The summed E-state index contributed by atoms with van der Waals surface area (Å²) in [5, 5.41) is 9.78. The van der Waals surface area contributed by atoms with E-state index in [9.17, 15) is 28.9 Å². The third kappa shape index (κ3) is 51.1. The zero-order valence-corrected chi connectivity index (χ0v) is 46.0. The number of aliphatic hydroxyl groups is 1. The Morgan fingerprint density at radius 1 is 0.403 bits per heavy atom. The van der Waals surface area contributed by atoms with E-state index in [1.54, 1.807) is 0 Å². The van der Waals surface area contributed by atoms with Crippen LogP contribution in [0.25, 0.3) is 0 Å². The predicted octanol–water partition coefficient (Wildman–Crippen LogP) is 16.2. The number of rotatable bonds is 50. The number of allylic oxidation sites excluding steroid dienone is 18. The fourth-order valence-corrected chi connectivity index (χ4v) is 7.81. The van der Waals surface area contributed by atoms with Gasteiger partial charge in [0.15, 0.2) is 6.10 Å². The molecule has 72 heavy (non-hydrogen) atoms. The fraction of sp³-hybridized carbons (Fsp3) is 0.650. The van der Waals surface area contributed by atoms with Gasteiger partial charge in [-0.2, -0.15) is 0 Å². The molecule has 0 aliphatic heterocycles. The topological polar surface area (TPSA) is 155 Å². The van der Waals surface area contributed by atoms with Crippen LogP contribution in [0.4, 0.5) is 0 Å².